The Hall–Kier alpha value is -2.45. The zero-order chi connectivity index (χ0) is 17.1. The number of likely N-dealkylation sites (N-methyl/N-ethyl adjacent to an activating group) is 1. The third-order valence-electron chi connectivity index (χ3n) is 5.37. The van der Waals surface area contributed by atoms with Crippen LogP contribution >= 0.6 is 11.3 Å². The fraction of sp³-hybridized carbons (Fsp3) is 0.353. The summed E-state index contributed by atoms with van der Waals surface area (Å²) in [6.07, 6.45) is 2.81. The fourth-order valence-electron chi connectivity index (χ4n) is 4.04. The number of thiazole rings is 1. The topological polar surface area (TPSA) is 91.1 Å². The van der Waals surface area contributed by atoms with Crippen LogP contribution in [0.15, 0.2) is 23.7 Å². The third kappa shape index (κ3) is 2.17. The van der Waals surface area contributed by atoms with E-state index in [4.69, 9.17) is 5.73 Å². The van der Waals surface area contributed by atoms with Gasteiger partial charge in [0.1, 0.15) is 5.01 Å². The Morgan fingerprint density at radius 3 is 2.92 bits per heavy atom. The predicted octanol–water partition coefficient (Wildman–Crippen LogP) is 1.80. The summed E-state index contributed by atoms with van der Waals surface area (Å²) in [6.45, 7) is 1.72. The van der Waals surface area contributed by atoms with Crippen LogP contribution in [0.2, 0.25) is 0 Å². The average molecular weight is 354 g/mol. The van der Waals surface area contributed by atoms with Gasteiger partial charge in [0, 0.05) is 53.4 Å². The molecule has 0 saturated carbocycles. The smallest absolute Gasteiger partial charge is 0.275 e. The summed E-state index contributed by atoms with van der Waals surface area (Å²) >= 11 is 1.54. The molecule has 0 radical (unpaired) electrons. The van der Waals surface area contributed by atoms with Crippen LogP contribution in [0.5, 0.6) is 0 Å². The summed E-state index contributed by atoms with van der Waals surface area (Å²) in [4.78, 5) is 21.6. The van der Waals surface area contributed by atoms with Crippen molar-refractivity contribution in [3.05, 3.63) is 29.4 Å². The van der Waals surface area contributed by atoms with Gasteiger partial charge in [0.2, 0.25) is 0 Å². The van der Waals surface area contributed by atoms with E-state index < -0.39 is 0 Å². The number of nitrogens with two attached hydrogens (primary N) is 1. The number of rotatable bonds is 2. The maximum absolute atomic E-state index is 13.0. The second kappa shape index (κ2) is 5.27. The molecule has 0 unspecified atom stereocenters. The van der Waals surface area contributed by atoms with Gasteiger partial charge < -0.3 is 10.6 Å². The highest BCUT2D eigenvalue weighted by Crippen LogP contribution is 2.34. The molecule has 0 spiro atoms. The van der Waals surface area contributed by atoms with Gasteiger partial charge in [-0.2, -0.15) is 5.10 Å². The molecule has 3 N–H and O–H groups in total. The molecule has 2 fully saturated rings. The minimum Gasteiger partial charge on any atom is -0.398 e. The highest BCUT2D eigenvalue weighted by atomic mass is 32.1. The average Bonchev–Trinajstić information content (AvgIpc) is 3.36. The van der Waals surface area contributed by atoms with Gasteiger partial charge in [-0.25, -0.2) is 4.98 Å². The fourth-order valence-corrected chi connectivity index (χ4v) is 4.71. The molecule has 3 aromatic rings. The number of benzene rings is 1. The molecule has 2 bridgehead atoms. The van der Waals surface area contributed by atoms with Gasteiger partial charge in [-0.15, -0.1) is 11.3 Å². The highest BCUT2D eigenvalue weighted by Gasteiger charge is 2.44. The maximum Gasteiger partial charge on any atom is 0.275 e. The monoisotopic (exact) mass is 354 g/mol. The number of nitrogens with zero attached hydrogens (tertiary/aromatic N) is 4. The molecule has 128 valence electrons. The van der Waals surface area contributed by atoms with Crippen molar-refractivity contribution in [2.45, 2.75) is 18.5 Å². The lowest BCUT2D eigenvalue weighted by molar-refractivity contribution is 0.0646. The van der Waals surface area contributed by atoms with Crippen LogP contribution in [0.1, 0.15) is 16.9 Å². The summed E-state index contributed by atoms with van der Waals surface area (Å²) in [5, 5.41) is 10.8. The van der Waals surface area contributed by atoms with Crippen LogP contribution in [0, 0.1) is 0 Å². The Kier molecular flexibility index (Phi) is 3.13. The van der Waals surface area contributed by atoms with Crippen LogP contribution in [0.25, 0.3) is 21.5 Å². The van der Waals surface area contributed by atoms with Crippen LogP contribution in [0.3, 0.4) is 0 Å². The lowest BCUT2D eigenvalue weighted by Crippen LogP contribution is -2.47. The lowest BCUT2D eigenvalue weighted by Gasteiger charge is -2.31. The Labute approximate surface area is 148 Å². The third-order valence-corrected chi connectivity index (χ3v) is 6.18. The number of aromatic nitrogens is 3. The van der Waals surface area contributed by atoms with Crippen molar-refractivity contribution in [1.29, 1.82) is 0 Å². The van der Waals surface area contributed by atoms with Gasteiger partial charge in [-0.05, 0) is 25.6 Å². The largest absolute Gasteiger partial charge is 0.398 e. The summed E-state index contributed by atoms with van der Waals surface area (Å²) in [5.74, 6) is -0.00625. The summed E-state index contributed by atoms with van der Waals surface area (Å²) in [6, 6.07) is 4.53. The minimum atomic E-state index is -0.00625. The molecule has 8 heteroatoms. The number of H-pyrrole nitrogens is 1. The number of likely N-dealkylation sites (tertiary alicyclic amines) is 2. The number of anilines is 1. The van der Waals surface area contributed by atoms with Crippen LogP contribution < -0.4 is 5.73 Å². The van der Waals surface area contributed by atoms with E-state index in [2.05, 4.69) is 27.1 Å². The molecule has 7 nitrogen and oxygen atoms in total. The Morgan fingerprint density at radius 2 is 2.24 bits per heavy atom. The molecule has 2 aliphatic rings. The van der Waals surface area contributed by atoms with Crippen LogP contribution in [0.4, 0.5) is 5.69 Å². The quantitative estimate of drug-likeness (QED) is 0.685. The van der Waals surface area contributed by atoms with E-state index in [-0.39, 0.29) is 5.91 Å². The molecule has 2 aromatic heterocycles. The number of fused-ring (bicyclic) bond motifs is 3. The first kappa shape index (κ1) is 14.9. The molecular weight excluding hydrogens is 336 g/mol. The van der Waals surface area contributed by atoms with Crippen LogP contribution in [-0.4, -0.2) is 63.1 Å². The lowest BCUT2D eigenvalue weighted by atomic mass is 10.1. The van der Waals surface area contributed by atoms with Crippen molar-refractivity contribution in [3.8, 4) is 10.6 Å². The number of carbonyl (C=O) groups excluding carboxylic acids is 1. The van der Waals surface area contributed by atoms with Gasteiger partial charge >= 0.3 is 0 Å². The van der Waals surface area contributed by atoms with Crippen molar-refractivity contribution >= 4 is 33.8 Å². The van der Waals surface area contributed by atoms with Gasteiger partial charge in [0.15, 0.2) is 5.69 Å². The first-order valence-electron chi connectivity index (χ1n) is 8.30. The number of nitrogens with one attached hydrogen (secondary N) is 1. The van der Waals surface area contributed by atoms with Crippen molar-refractivity contribution in [2.24, 2.45) is 0 Å². The number of nitrogen functional groups attached to an aromatic ring is 1. The van der Waals surface area contributed by atoms with E-state index in [0.29, 0.717) is 23.5 Å². The number of aromatic amines is 1. The number of piperazine rings is 1. The second-order valence-electron chi connectivity index (χ2n) is 6.83. The maximum atomic E-state index is 13.0. The minimum absolute atomic E-state index is 0.00625. The summed E-state index contributed by atoms with van der Waals surface area (Å²) in [5.41, 5.74) is 8.98. The molecule has 25 heavy (non-hydrogen) atoms. The molecule has 2 aliphatic heterocycles. The Morgan fingerprint density at radius 1 is 1.36 bits per heavy atom. The Balaban J connectivity index is 1.53. The van der Waals surface area contributed by atoms with E-state index in [1.54, 1.807) is 6.20 Å². The number of hydrogen-bond donors (Lipinski definition) is 2. The van der Waals surface area contributed by atoms with Crippen molar-refractivity contribution < 1.29 is 4.79 Å². The summed E-state index contributed by atoms with van der Waals surface area (Å²) in [7, 11) is 2.12. The molecule has 1 amide bonds. The van der Waals surface area contributed by atoms with Crippen molar-refractivity contribution in [2.75, 3.05) is 25.9 Å². The van der Waals surface area contributed by atoms with Gasteiger partial charge in [0.25, 0.3) is 5.91 Å². The van der Waals surface area contributed by atoms with Gasteiger partial charge in [-0.1, -0.05) is 0 Å². The molecule has 4 heterocycles. The predicted molar refractivity (Wildman–Crippen MR) is 97.5 cm³/mol. The van der Waals surface area contributed by atoms with Crippen LogP contribution in [-0.2, 0) is 0 Å². The second-order valence-corrected chi connectivity index (χ2v) is 7.73. The number of hydrogen-bond acceptors (Lipinski definition) is 6. The van der Waals surface area contributed by atoms with E-state index in [1.807, 2.05) is 22.4 Å². The number of amides is 1. The number of carbonyl (C=O) groups is 1. The van der Waals surface area contributed by atoms with E-state index in [1.165, 1.54) is 11.3 Å². The normalized spacial score (nSPS) is 23.0. The molecule has 2 atom stereocenters. The van der Waals surface area contributed by atoms with Gasteiger partial charge in [-0.3, -0.25) is 14.8 Å². The first-order valence-corrected chi connectivity index (χ1v) is 9.18. The zero-order valence-corrected chi connectivity index (χ0v) is 14.6. The zero-order valence-electron chi connectivity index (χ0n) is 13.8. The van der Waals surface area contributed by atoms with E-state index >= 15 is 0 Å². The van der Waals surface area contributed by atoms with Gasteiger partial charge in [0.05, 0.1) is 5.52 Å². The van der Waals surface area contributed by atoms with E-state index in [9.17, 15) is 4.79 Å². The molecular formula is C17H18N6OS. The molecule has 5 rings (SSSR count). The molecule has 0 aliphatic carbocycles. The highest BCUT2D eigenvalue weighted by molar-refractivity contribution is 7.13. The molecule has 2 saturated heterocycles. The van der Waals surface area contributed by atoms with Crippen molar-refractivity contribution in [3.63, 3.8) is 0 Å². The van der Waals surface area contributed by atoms with E-state index in [0.717, 1.165) is 41.0 Å². The standard InChI is InChI=1S/C17H18N6OS/c1-22-7-10-4-9(22)8-23(10)17(24)15-12-5-13(18)11(6-14(12)20-21-15)16-19-2-3-25-16/h2-3,5-6,9-10H,4,7-8,18H2,1H3,(H,20,21)/t9-,10-/m0/s1. The van der Waals surface area contributed by atoms with Crippen molar-refractivity contribution in [1.82, 2.24) is 25.0 Å². The molecule has 1 aromatic carbocycles. The summed E-state index contributed by atoms with van der Waals surface area (Å²) < 4.78 is 0. The SMILES string of the molecule is CN1C[C@@H]2C[C@H]1CN2C(=O)c1n[nH]c2cc(-c3nccs3)c(N)cc12. The first-order chi connectivity index (χ1) is 12.1. The Bertz CT molecular complexity index is 963.